The van der Waals surface area contributed by atoms with Crippen molar-refractivity contribution in [3.05, 3.63) is 75.6 Å². The Bertz CT molecular complexity index is 2110. The van der Waals surface area contributed by atoms with Gasteiger partial charge in [-0.15, -0.1) is 0 Å². The van der Waals surface area contributed by atoms with Crippen LogP contribution in [0.2, 0.25) is 5.28 Å². The highest BCUT2D eigenvalue weighted by Gasteiger charge is 2.36. The van der Waals surface area contributed by atoms with E-state index < -0.39 is 52.8 Å². The van der Waals surface area contributed by atoms with Crippen LogP contribution in [-0.2, 0) is 20.2 Å². The summed E-state index contributed by atoms with van der Waals surface area (Å²) in [5.74, 6) is -1.49. The van der Waals surface area contributed by atoms with Crippen LogP contribution < -0.4 is 21.7 Å². The molecule has 0 radical (unpaired) electrons. The van der Waals surface area contributed by atoms with Crippen LogP contribution in [0.5, 0.6) is 0 Å². The zero-order valence-corrected chi connectivity index (χ0v) is 24.4. The van der Waals surface area contributed by atoms with Crippen LogP contribution >= 0.6 is 11.6 Å². The summed E-state index contributed by atoms with van der Waals surface area (Å²) in [4.78, 5) is 37.5. The molecule has 43 heavy (non-hydrogen) atoms. The number of carbonyl (C=O) groups excluding carboxylic acids is 2. The first-order chi connectivity index (χ1) is 20.1. The lowest BCUT2D eigenvalue weighted by Crippen LogP contribution is -2.25. The van der Waals surface area contributed by atoms with E-state index in [2.05, 4.69) is 30.9 Å². The Labute approximate surface area is 249 Å². The van der Waals surface area contributed by atoms with E-state index in [-0.39, 0.29) is 56.5 Å². The average Bonchev–Trinajstić information content (AvgIpc) is 2.92. The Morgan fingerprint density at radius 2 is 1.37 bits per heavy atom. The van der Waals surface area contributed by atoms with Gasteiger partial charge >= 0.3 is 0 Å². The molecule has 15 nitrogen and oxygen atoms in total. The maximum absolute atomic E-state index is 13.6. The molecular formula is C25H20ClN7O8S2. The first kappa shape index (κ1) is 29.8. The monoisotopic (exact) mass is 645 g/mol. The third-order valence-electron chi connectivity index (χ3n) is 6.47. The van der Waals surface area contributed by atoms with Crippen LogP contribution in [-0.4, -0.2) is 59.5 Å². The first-order valence-electron chi connectivity index (χ1n) is 12.0. The molecule has 1 aromatic heterocycles. The zero-order valence-electron chi connectivity index (χ0n) is 22.0. The highest BCUT2D eigenvalue weighted by Crippen LogP contribution is 2.41. The second-order valence-electron chi connectivity index (χ2n) is 9.14. The smallest absolute Gasteiger partial charge is 0.296 e. The van der Waals surface area contributed by atoms with Gasteiger partial charge < -0.3 is 21.7 Å². The number of nitrogen functional groups attached to an aromatic ring is 1. The fraction of sp³-hybridized carbons (Fsp3) is 0.0800. The van der Waals surface area contributed by atoms with Crippen molar-refractivity contribution >= 4 is 78.0 Å². The molecular weight excluding hydrogens is 626 g/mol. The molecule has 3 aromatic carbocycles. The second-order valence-corrected chi connectivity index (χ2v) is 12.3. The van der Waals surface area contributed by atoms with E-state index in [9.17, 15) is 35.5 Å². The van der Waals surface area contributed by atoms with Crippen LogP contribution in [0.4, 0.5) is 34.6 Å². The van der Waals surface area contributed by atoms with Gasteiger partial charge in [-0.1, -0.05) is 24.3 Å². The minimum atomic E-state index is -5.02. The predicted molar refractivity (Wildman–Crippen MR) is 156 cm³/mol. The van der Waals surface area contributed by atoms with Crippen LogP contribution in [0, 0.1) is 6.92 Å². The number of ketones is 2. The van der Waals surface area contributed by atoms with Gasteiger partial charge in [0.2, 0.25) is 17.2 Å². The minimum absolute atomic E-state index is 0.0130. The summed E-state index contributed by atoms with van der Waals surface area (Å²) in [6.45, 7) is 1.37. The van der Waals surface area contributed by atoms with Crippen molar-refractivity contribution in [1.82, 2.24) is 15.0 Å². The summed E-state index contributed by atoms with van der Waals surface area (Å²) in [6.07, 6.45) is 0. The number of nitrogens with zero attached hydrogens (tertiary/aromatic N) is 3. The molecule has 0 fully saturated rings. The van der Waals surface area contributed by atoms with Crippen LogP contribution in [0.1, 0.15) is 37.4 Å². The number of carbonyl (C=O) groups is 2. The predicted octanol–water partition coefficient (Wildman–Crippen LogP) is 3.21. The van der Waals surface area contributed by atoms with Gasteiger partial charge in [0, 0.05) is 29.5 Å². The minimum Gasteiger partial charge on any atom is -0.397 e. The molecule has 0 bridgehead atoms. The number of nitrogens with two attached hydrogens (primary N) is 1. The molecule has 7 N–H and O–H groups in total. The Morgan fingerprint density at radius 3 is 1.95 bits per heavy atom. The number of rotatable bonds is 7. The first-order valence-corrected chi connectivity index (χ1v) is 15.2. The second kappa shape index (κ2) is 10.5. The summed E-state index contributed by atoms with van der Waals surface area (Å²) < 4.78 is 68.9. The van der Waals surface area contributed by atoms with Gasteiger partial charge in [-0.05, 0) is 42.3 Å². The summed E-state index contributed by atoms with van der Waals surface area (Å²) in [5.41, 5.74) is 4.20. The van der Waals surface area contributed by atoms with E-state index in [0.29, 0.717) is 0 Å². The molecule has 1 aliphatic rings. The molecule has 1 heterocycles. The number of nitrogens with one attached hydrogen (secondary N) is 3. The molecule has 0 unspecified atom stereocenters. The summed E-state index contributed by atoms with van der Waals surface area (Å²) in [6, 6.07) is 8.99. The van der Waals surface area contributed by atoms with Crippen molar-refractivity contribution in [2.24, 2.45) is 0 Å². The van der Waals surface area contributed by atoms with Crippen molar-refractivity contribution in [3.8, 4) is 0 Å². The summed E-state index contributed by atoms with van der Waals surface area (Å²) in [7, 11) is -8.33. The van der Waals surface area contributed by atoms with Gasteiger partial charge in [-0.25, -0.2) is 0 Å². The molecule has 0 amide bonds. The third kappa shape index (κ3) is 5.46. The molecule has 222 valence electrons. The van der Waals surface area contributed by atoms with Crippen LogP contribution in [0.25, 0.3) is 0 Å². The zero-order chi connectivity index (χ0) is 31.4. The fourth-order valence-electron chi connectivity index (χ4n) is 4.56. The Hall–Kier alpha value is -4.68. The molecule has 1 aliphatic carbocycles. The summed E-state index contributed by atoms with van der Waals surface area (Å²) >= 11 is 5.94. The van der Waals surface area contributed by atoms with E-state index in [1.165, 1.54) is 44.3 Å². The highest BCUT2D eigenvalue weighted by atomic mass is 35.5. The standard InChI is InChI=1S/C25H20ClN7O8S2/c1-10-14(30-25-32-23(26)31-24(28-2)33-25)7-11(8-16(10)42(36,37)38)29-15-9-17(43(39,40)41)20(27)19-18(15)21(34)12-5-3-4-6-13(12)22(19)35/h3-9,29H,27H2,1-2H3,(H,36,37,38)(H,39,40,41)(H2,28,30,31,32,33). The van der Waals surface area contributed by atoms with Crippen LogP contribution in [0.3, 0.4) is 0 Å². The number of anilines is 6. The molecule has 5 rings (SSSR count). The van der Waals surface area contributed by atoms with E-state index in [1.807, 2.05) is 0 Å². The molecule has 0 saturated heterocycles. The lowest BCUT2D eigenvalue weighted by Gasteiger charge is -2.24. The Balaban J connectivity index is 1.73. The molecule has 0 spiro atoms. The fourth-order valence-corrected chi connectivity index (χ4v) is 6.14. The number of hydrogen-bond donors (Lipinski definition) is 6. The number of halogens is 1. The van der Waals surface area contributed by atoms with Gasteiger partial charge in [0.15, 0.2) is 11.6 Å². The lowest BCUT2D eigenvalue weighted by atomic mass is 9.82. The molecule has 4 aromatic rings. The number of hydrogen-bond acceptors (Lipinski definition) is 13. The van der Waals surface area contributed by atoms with E-state index in [4.69, 9.17) is 17.3 Å². The van der Waals surface area contributed by atoms with Gasteiger partial charge in [0.05, 0.1) is 22.5 Å². The van der Waals surface area contributed by atoms with Crippen molar-refractivity contribution in [3.63, 3.8) is 0 Å². The topological polar surface area (TPSA) is 244 Å². The van der Waals surface area contributed by atoms with Crippen molar-refractivity contribution in [2.75, 3.05) is 28.7 Å². The number of fused-ring (bicyclic) bond motifs is 2. The number of benzene rings is 3. The van der Waals surface area contributed by atoms with Gasteiger partial charge in [0.25, 0.3) is 20.2 Å². The maximum atomic E-state index is 13.6. The van der Waals surface area contributed by atoms with Crippen LogP contribution in [0.15, 0.2) is 52.3 Å². The lowest BCUT2D eigenvalue weighted by molar-refractivity contribution is 0.0980. The summed E-state index contributed by atoms with van der Waals surface area (Å²) in [5, 5.41) is 8.01. The maximum Gasteiger partial charge on any atom is 0.296 e. The molecule has 0 atom stereocenters. The van der Waals surface area contributed by atoms with Gasteiger partial charge in [-0.3, -0.25) is 18.7 Å². The normalized spacial score (nSPS) is 12.9. The molecule has 0 saturated carbocycles. The van der Waals surface area contributed by atoms with E-state index in [0.717, 1.165) is 12.1 Å². The number of aromatic nitrogens is 3. The van der Waals surface area contributed by atoms with E-state index >= 15 is 0 Å². The molecule has 0 aliphatic heterocycles. The largest absolute Gasteiger partial charge is 0.397 e. The third-order valence-corrected chi connectivity index (χ3v) is 8.52. The Kier molecular flexibility index (Phi) is 7.31. The van der Waals surface area contributed by atoms with Crippen molar-refractivity contribution < 1.29 is 35.5 Å². The van der Waals surface area contributed by atoms with Gasteiger partial charge in [-0.2, -0.15) is 31.8 Å². The SMILES string of the molecule is CNc1nc(Cl)nc(Nc2cc(Nc3cc(S(=O)(=O)O)c(N)c4c3C(=O)c3ccccc3C4=O)cc(S(=O)(=O)O)c2C)n1. The van der Waals surface area contributed by atoms with Crippen molar-refractivity contribution in [1.29, 1.82) is 0 Å². The molecule has 18 heteroatoms. The van der Waals surface area contributed by atoms with E-state index in [1.54, 1.807) is 0 Å². The quantitative estimate of drug-likeness (QED) is 0.110. The van der Waals surface area contributed by atoms with Crippen molar-refractivity contribution in [2.45, 2.75) is 16.7 Å². The highest BCUT2D eigenvalue weighted by molar-refractivity contribution is 7.86. The van der Waals surface area contributed by atoms with Gasteiger partial charge in [0.1, 0.15) is 9.79 Å². The average molecular weight is 646 g/mol. The Morgan fingerprint density at radius 1 is 0.791 bits per heavy atom.